The molecule has 0 heterocycles. The highest BCUT2D eigenvalue weighted by Crippen LogP contribution is 2.19. The van der Waals surface area contributed by atoms with Crippen LogP contribution in [-0.4, -0.2) is 13.2 Å². The van der Waals surface area contributed by atoms with Gasteiger partial charge in [-0.05, 0) is 29.3 Å². The van der Waals surface area contributed by atoms with Crippen molar-refractivity contribution in [2.24, 2.45) is 0 Å². The Morgan fingerprint density at radius 1 is 0.950 bits per heavy atom. The number of rotatable bonds is 2. The van der Waals surface area contributed by atoms with Crippen molar-refractivity contribution in [2.75, 3.05) is 0 Å². The molecule has 20 heavy (non-hydrogen) atoms. The van der Waals surface area contributed by atoms with Gasteiger partial charge in [0.25, 0.3) is 0 Å². The Bertz CT molecular complexity index is 640. The van der Waals surface area contributed by atoms with Crippen LogP contribution in [0.1, 0.15) is 16.7 Å². The van der Waals surface area contributed by atoms with Crippen molar-refractivity contribution in [3.05, 3.63) is 65.2 Å². The maximum Gasteiger partial charge on any atom is 0.129 e. The number of aromatic hydroxyl groups is 1. The first-order chi connectivity index (χ1) is 9.44. The first-order valence-corrected chi connectivity index (χ1v) is 10.3. The molecule has 0 aliphatic rings. The molecule has 0 spiro atoms. The number of para-hydroxylation sites is 1. The average Bonchev–Trinajstić information content (AvgIpc) is 2.40. The van der Waals surface area contributed by atoms with Gasteiger partial charge < -0.3 is 5.11 Å². The molecule has 0 unspecified atom stereocenters. The molecule has 2 rings (SSSR count). The maximum absolute atomic E-state index is 9.78. The lowest BCUT2D eigenvalue weighted by Crippen LogP contribution is -2.16. The van der Waals surface area contributed by atoms with Crippen LogP contribution < -0.4 is 0 Å². The second kappa shape index (κ2) is 5.98. The molecule has 102 valence electrons. The monoisotopic (exact) mass is 280 g/mol. The lowest BCUT2D eigenvalue weighted by Gasteiger charge is -2.05. The van der Waals surface area contributed by atoms with Gasteiger partial charge in [0.1, 0.15) is 13.8 Å². The minimum Gasteiger partial charge on any atom is -0.508 e. The molecule has 0 aromatic heterocycles. The van der Waals surface area contributed by atoms with E-state index in [1.807, 2.05) is 18.2 Å². The molecule has 0 amide bonds. The van der Waals surface area contributed by atoms with Gasteiger partial charge in [0.15, 0.2) is 0 Å². The Labute approximate surface area is 122 Å². The van der Waals surface area contributed by atoms with Crippen LogP contribution in [0.5, 0.6) is 5.75 Å². The van der Waals surface area contributed by atoms with Gasteiger partial charge >= 0.3 is 0 Å². The molecule has 1 nitrogen and oxygen atoms in total. The van der Waals surface area contributed by atoms with Gasteiger partial charge in [-0.2, -0.15) is 0 Å². The molecule has 2 aromatic rings. The van der Waals surface area contributed by atoms with Crippen molar-refractivity contribution in [1.29, 1.82) is 0 Å². The molecule has 1 N–H and O–H groups in total. The Kier molecular flexibility index (Phi) is 4.31. The minimum atomic E-state index is -1.32. The van der Waals surface area contributed by atoms with Crippen LogP contribution in [0.3, 0.4) is 0 Å². The highest BCUT2D eigenvalue weighted by molar-refractivity contribution is 6.83. The smallest absolute Gasteiger partial charge is 0.129 e. The lowest BCUT2D eigenvalue weighted by atomic mass is 10.0. The average molecular weight is 280 g/mol. The van der Waals surface area contributed by atoms with Crippen LogP contribution in [0.2, 0.25) is 19.6 Å². The van der Waals surface area contributed by atoms with Crippen LogP contribution in [0.25, 0.3) is 0 Å². The second-order valence-corrected chi connectivity index (χ2v) is 10.8. The number of hydrogen-bond acceptors (Lipinski definition) is 1. The summed E-state index contributed by atoms with van der Waals surface area (Å²) in [6.07, 6.45) is 0.744. The normalized spacial score (nSPS) is 10.8. The SMILES string of the molecule is C[Si](C)(C)C#Cc1ccc(Cc2ccccc2O)cc1. The zero-order valence-corrected chi connectivity index (χ0v) is 13.3. The van der Waals surface area contributed by atoms with E-state index in [1.165, 1.54) is 5.56 Å². The molecule has 0 radical (unpaired) electrons. The predicted molar refractivity (Wildman–Crippen MR) is 87.6 cm³/mol. The standard InChI is InChI=1S/C18H20OSi/c1-20(2,3)13-12-15-8-10-16(11-9-15)14-17-6-4-5-7-18(17)19/h4-11,19H,14H2,1-3H3. The van der Waals surface area contributed by atoms with Crippen LogP contribution in [0.15, 0.2) is 48.5 Å². The zero-order chi connectivity index (χ0) is 14.6. The summed E-state index contributed by atoms with van der Waals surface area (Å²) in [4.78, 5) is 0. The third-order valence-corrected chi connectivity index (χ3v) is 3.80. The van der Waals surface area contributed by atoms with Gasteiger partial charge in [-0.3, -0.25) is 0 Å². The van der Waals surface area contributed by atoms with Crippen molar-refractivity contribution in [1.82, 2.24) is 0 Å². The zero-order valence-electron chi connectivity index (χ0n) is 12.3. The first kappa shape index (κ1) is 14.4. The molecule has 0 bridgehead atoms. The summed E-state index contributed by atoms with van der Waals surface area (Å²) in [6, 6.07) is 15.8. The Morgan fingerprint density at radius 2 is 1.60 bits per heavy atom. The quantitative estimate of drug-likeness (QED) is 0.645. The van der Waals surface area contributed by atoms with E-state index in [1.54, 1.807) is 6.07 Å². The highest BCUT2D eigenvalue weighted by atomic mass is 28.3. The van der Waals surface area contributed by atoms with Gasteiger partial charge in [-0.15, -0.1) is 5.54 Å². The van der Waals surface area contributed by atoms with E-state index in [2.05, 4.69) is 55.4 Å². The van der Waals surface area contributed by atoms with Crippen molar-refractivity contribution in [3.8, 4) is 17.2 Å². The van der Waals surface area contributed by atoms with Gasteiger partial charge in [0.05, 0.1) is 0 Å². The van der Waals surface area contributed by atoms with Crippen molar-refractivity contribution in [3.63, 3.8) is 0 Å². The van der Waals surface area contributed by atoms with E-state index in [0.717, 1.165) is 17.5 Å². The van der Waals surface area contributed by atoms with Crippen molar-refractivity contribution in [2.45, 2.75) is 26.1 Å². The van der Waals surface area contributed by atoms with E-state index in [-0.39, 0.29) is 0 Å². The van der Waals surface area contributed by atoms with E-state index in [9.17, 15) is 5.11 Å². The fourth-order valence-corrected chi connectivity index (χ4v) is 2.37. The summed E-state index contributed by atoms with van der Waals surface area (Å²) >= 11 is 0. The minimum absolute atomic E-state index is 0.357. The van der Waals surface area contributed by atoms with Crippen molar-refractivity contribution >= 4 is 8.07 Å². The predicted octanol–water partition coefficient (Wildman–Crippen LogP) is 4.21. The molecular formula is C18H20OSi. The number of phenolic OH excluding ortho intramolecular Hbond substituents is 1. The molecule has 2 aromatic carbocycles. The van der Waals surface area contributed by atoms with Gasteiger partial charge in [0.2, 0.25) is 0 Å². The maximum atomic E-state index is 9.78. The number of hydrogen-bond donors (Lipinski definition) is 1. The molecule has 0 atom stereocenters. The molecule has 0 aliphatic heterocycles. The van der Waals surface area contributed by atoms with Crippen LogP contribution in [0.4, 0.5) is 0 Å². The number of phenols is 1. The van der Waals surface area contributed by atoms with E-state index in [4.69, 9.17) is 0 Å². The molecule has 0 saturated carbocycles. The molecule has 0 saturated heterocycles. The molecule has 2 heteroatoms. The summed E-state index contributed by atoms with van der Waals surface area (Å²) in [7, 11) is -1.32. The van der Waals surface area contributed by atoms with E-state index in [0.29, 0.717) is 5.75 Å². The fraction of sp³-hybridized carbons (Fsp3) is 0.222. The lowest BCUT2D eigenvalue weighted by molar-refractivity contribution is 0.469. The molecule has 0 fully saturated rings. The number of benzene rings is 2. The largest absolute Gasteiger partial charge is 0.508 e. The van der Waals surface area contributed by atoms with Crippen LogP contribution in [0, 0.1) is 11.5 Å². The third-order valence-electron chi connectivity index (χ3n) is 2.92. The van der Waals surface area contributed by atoms with Crippen LogP contribution >= 0.6 is 0 Å². The summed E-state index contributed by atoms with van der Waals surface area (Å²) in [6.45, 7) is 6.73. The van der Waals surface area contributed by atoms with Crippen molar-refractivity contribution < 1.29 is 5.11 Å². The summed E-state index contributed by atoms with van der Waals surface area (Å²) in [5.41, 5.74) is 6.57. The highest BCUT2D eigenvalue weighted by Gasteiger charge is 2.07. The van der Waals surface area contributed by atoms with Gasteiger partial charge in [-0.1, -0.05) is 55.9 Å². The summed E-state index contributed by atoms with van der Waals surface area (Å²) < 4.78 is 0. The second-order valence-electron chi connectivity index (χ2n) is 6.00. The van der Waals surface area contributed by atoms with E-state index >= 15 is 0 Å². The van der Waals surface area contributed by atoms with Crippen LogP contribution in [-0.2, 0) is 6.42 Å². The fourth-order valence-electron chi connectivity index (χ4n) is 1.85. The van der Waals surface area contributed by atoms with E-state index < -0.39 is 8.07 Å². The summed E-state index contributed by atoms with van der Waals surface area (Å²) in [5.74, 6) is 3.61. The Balaban J connectivity index is 2.13. The van der Waals surface area contributed by atoms with Gasteiger partial charge in [-0.25, -0.2) is 0 Å². The third kappa shape index (κ3) is 4.29. The Hall–Kier alpha value is -1.98. The molecule has 0 aliphatic carbocycles. The first-order valence-electron chi connectivity index (χ1n) is 6.83. The summed E-state index contributed by atoms with van der Waals surface area (Å²) in [5, 5.41) is 9.78. The van der Waals surface area contributed by atoms with Gasteiger partial charge in [0, 0.05) is 12.0 Å². The topological polar surface area (TPSA) is 20.2 Å². The Morgan fingerprint density at radius 3 is 2.20 bits per heavy atom. The molecular weight excluding hydrogens is 260 g/mol.